The maximum Gasteiger partial charge on any atom is 0.318 e. The molecule has 0 radical (unpaired) electrons. The zero-order valence-corrected chi connectivity index (χ0v) is 18.6. The first-order valence-electron chi connectivity index (χ1n) is 8.97. The molecule has 8 heteroatoms. The fourth-order valence-corrected chi connectivity index (χ4v) is 5.37. The Bertz CT molecular complexity index is 1040. The lowest BCUT2D eigenvalue weighted by molar-refractivity contribution is -0.150. The molecule has 1 heterocycles. The number of amides is 2. The van der Waals surface area contributed by atoms with Gasteiger partial charge in [0, 0.05) is 14.5 Å². The van der Waals surface area contributed by atoms with E-state index in [-0.39, 0.29) is 6.61 Å². The van der Waals surface area contributed by atoms with Crippen molar-refractivity contribution in [2.45, 2.75) is 19.3 Å². The Morgan fingerprint density at radius 1 is 1.14 bits per heavy atom. The second kappa shape index (κ2) is 6.83. The van der Waals surface area contributed by atoms with Gasteiger partial charge in [0.2, 0.25) is 11.8 Å². The van der Waals surface area contributed by atoms with Crippen LogP contribution in [0.4, 0.5) is 5.69 Å². The van der Waals surface area contributed by atoms with Gasteiger partial charge in [0.05, 0.1) is 23.6 Å². The minimum atomic E-state index is -1.35. The first-order valence-corrected chi connectivity index (χ1v) is 10.5. The number of benzene rings is 2. The van der Waals surface area contributed by atoms with Gasteiger partial charge >= 0.3 is 5.97 Å². The smallest absolute Gasteiger partial charge is 0.318 e. The van der Waals surface area contributed by atoms with Gasteiger partial charge in [0.1, 0.15) is 5.41 Å². The van der Waals surface area contributed by atoms with Crippen molar-refractivity contribution >= 4 is 62.6 Å². The summed E-state index contributed by atoms with van der Waals surface area (Å²) in [5.41, 5.74) is -1.73. The Morgan fingerprint density at radius 3 is 2.21 bits per heavy atom. The molecule has 0 aromatic heterocycles. The van der Waals surface area contributed by atoms with Crippen LogP contribution in [-0.2, 0) is 24.5 Å². The SMILES string of the molecule is CCOC(=O)[C@@]1(c2ccc(Br)cc2)C2C(=O)N(c3cc(Cl)cc(Cl)c3)C(=O)[C@@]21C. The first kappa shape index (κ1) is 20.4. The molecule has 2 amide bonds. The average molecular weight is 497 g/mol. The van der Waals surface area contributed by atoms with Gasteiger partial charge in [0.25, 0.3) is 0 Å². The van der Waals surface area contributed by atoms with E-state index in [0.29, 0.717) is 21.3 Å². The van der Waals surface area contributed by atoms with Crippen LogP contribution in [0, 0.1) is 11.3 Å². The number of nitrogens with zero attached hydrogens (tertiary/aromatic N) is 1. The first-order chi connectivity index (χ1) is 13.7. The number of ether oxygens (including phenoxy) is 1. The quantitative estimate of drug-likeness (QED) is 0.452. The summed E-state index contributed by atoms with van der Waals surface area (Å²) in [5, 5.41) is 0.617. The zero-order valence-electron chi connectivity index (χ0n) is 15.5. The predicted molar refractivity (Wildman–Crippen MR) is 113 cm³/mol. The van der Waals surface area contributed by atoms with E-state index in [1.165, 1.54) is 18.2 Å². The van der Waals surface area contributed by atoms with Crippen LogP contribution < -0.4 is 4.90 Å². The molecule has 3 atom stereocenters. The number of imide groups is 1. The number of halogens is 3. The van der Waals surface area contributed by atoms with Crippen molar-refractivity contribution in [2.24, 2.45) is 11.3 Å². The zero-order chi connectivity index (χ0) is 21.1. The van der Waals surface area contributed by atoms with Crippen molar-refractivity contribution in [1.82, 2.24) is 0 Å². The lowest BCUT2D eigenvalue weighted by Gasteiger charge is -2.27. The summed E-state index contributed by atoms with van der Waals surface area (Å²) in [5.74, 6) is -2.37. The number of anilines is 1. The monoisotopic (exact) mass is 495 g/mol. The summed E-state index contributed by atoms with van der Waals surface area (Å²) in [6, 6.07) is 11.6. The summed E-state index contributed by atoms with van der Waals surface area (Å²) in [6.45, 7) is 3.48. The Labute approximate surface area is 186 Å². The highest BCUT2D eigenvalue weighted by atomic mass is 79.9. The van der Waals surface area contributed by atoms with Crippen LogP contribution in [0.1, 0.15) is 19.4 Å². The summed E-state index contributed by atoms with van der Waals surface area (Å²) < 4.78 is 6.14. The number of fused-ring (bicyclic) bond motifs is 1. The minimum absolute atomic E-state index is 0.149. The van der Waals surface area contributed by atoms with Gasteiger partial charge in [-0.25, -0.2) is 4.90 Å². The molecule has 150 valence electrons. The van der Waals surface area contributed by atoms with Crippen LogP contribution in [0.2, 0.25) is 10.0 Å². The molecule has 29 heavy (non-hydrogen) atoms. The minimum Gasteiger partial charge on any atom is -0.465 e. The number of hydrogen-bond acceptors (Lipinski definition) is 4. The van der Waals surface area contributed by atoms with E-state index < -0.39 is 34.5 Å². The van der Waals surface area contributed by atoms with E-state index in [1.807, 2.05) is 0 Å². The lowest BCUT2D eigenvalue weighted by atomic mass is 9.85. The maximum atomic E-state index is 13.5. The van der Waals surface area contributed by atoms with Gasteiger partial charge < -0.3 is 4.74 Å². The Kier molecular flexibility index (Phi) is 4.80. The third kappa shape index (κ3) is 2.62. The molecule has 0 spiro atoms. The van der Waals surface area contributed by atoms with E-state index >= 15 is 0 Å². The lowest BCUT2D eigenvalue weighted by Crippen LogP contribution is -2.45. The van der Waals surface area contributed by atoms with Gasteiger partial charge in [-0.1, -0.05) is 51.3 Å². The Morgan fingerprint density at radius 2 is 1.72 bits per heavy atom. The molecule has 1 saturated carbocycles. The molecule has 2 aromatic rings. The molecular weight excluding hydrogens is 481 g/mol. The second-order valence-electron chi connectivity index (χ2n) is 7.28. The van der Waals surface area contributed by atoms with E-state index in [0.717, 1.165) is 9.37 Å². The van der Waals surface area contributed by atoms with Crippen molar-refractivity contribution in [3.8, 4) is 0 Å². The van der Waals surface area contributed by atoms with E-state index in [2.05, 4.69) is 15.9 Å². The fraction of sp³-hybridized carbons (Fsp3) is 0.286. The van der Waals surface area contributed by atoms with Gasteiger partial charge in [-0.15, -0.1) is 0 Å². The molecule has 2 aromatic carbocycles. The van der Waals surface area contributed by atoms with E-state index in [9.17, 15) is 14.4 Å². The largest absolute Gasteiger partial charge is 0.465 e. The normalized spacial score (nSPS) is 27.8. The molecule has 1 aliphatic heterocycles. The van der Waals surface area contributed by atoms with Crippen LogP contribution in [0.15, 0.2) is 46.9 Å². The van der Waals surface area contributed by atoms with Crippen molar-refractivity contribution in [3.05, 3.63) is 62.5 Å². The van der Waals surface area contributed by atoms with Crippen LogP contribution in [0.25, 0.3) is 0 Å². The summed E-state index contributed by atoms with van der Waals surface area (Å²) in [6.07, 6.45) is 0. The number of carbonyl (C=O) groups is 3. The number of esters is 1. The van der Waals surface area contributed by atoms with Crippen LogP contribution in [0.3, 0.4) is 0 Å². The molecule has 0 N–H and O–H groups in total. The predicted octanol–water partition coefficient (Wildman–Crippen LogP) is 4.77. The third-order valence-corrected chi connectivity index (χ3v) is 6.83. The highest BCUT2D eigenvalue weighted by Gasteiger charge is 2.90. The Balaban J connectivity index is 1.83. The van der Waals surface area contributed by atoms with Crippen LogP contribution in [-0.4, -0.2) is 24.4 Å². The average Bonchev–Trinajstić information content (AvgIpc) is 3.17. The van der Waals surface area contributed by atoms with Crippen molar-refractivity contribution < 1.29 is 19.1 Å². The topological polar surface area (TPSA) is 63.7 Å². The van der Waals surface area contributed by atoms with E-state index in [4.69, 9.17) is 27.9 Å². The number of hydrogen-bond donors (Lipinski definition) is 0. The maximum absolute atomic E-state index is 13.5. The molecule has 1 aliphatic carbocycles. The van der Waals surface area contributed by atoms with Gasteiger partial charge in [-0.2, -0.15) is 0 Å². The van der Waals surface area contributed by atoms with Crippen molar-refractivity contribution in [3.63, 3.8) is 0 Å². The van der Waals surface area contributed by atoms with E-state index in [1.54, 1.807) is 38.1 Å². The van der Waals surface area contributed by atoms with Gasteiger partial charge in [0.15, 0.2) is 0 Å². The van der Waals surface area contributed by atoms with Gasteiger partial charge in [-0.05, 0) is 49.7 Å². The fourth-order valence-electron chi connectivity index (χ4n) is 4.59. The Hall–Kier alpha value is -1.89. The summed E-state index contributed by atoms with van der Waals surface area (Å²) >= 11 is 15.5. The summed E-state index contributed by atoms with van der Waals surface area (Å²) in [7, 11) is 0. The third-order valence-electron chi connectivity index (χ3n) is 5.86. The number of piperidine rings is 1. The number of carbonyl (C=O) groups excluding carboxylic acids is 3. The molecule has 1 unspecified atom stereocenters. The van der Waals surface area contributed by atoms with Crippen molar-refractivity contribution in [2.75, 3.05) is 11.5 Å². The van der Waals surface area contributed by atoms with Crippen LogP contribution in [0.5, 0.6) is 0 Å². The number of rotatable bonds is 4. The molecule has 2 aliphatic rings. The molecule has 5 nitrogen and oxygen atoms in total. The standard InChI is InChI=1S/C21H16BrCl2NO4/c1-3-29-19(28)21(11-4-6-12(22)7-5-11)16-17(26)25(18(27)20(16,21)2)15-9-13(23)8-14(24)10-15/h4-10,16H,3H2,1-2H3/t16?,20-,21-/m1/s1. The summed E-state index contributed by atoms with van der Waals surface area (Å²) in [4.78, 5) is 41.0. The molecule has 0 bridgehead atoms. The second-order valence-corrected chi connectivity index (χ2v) is 9.07. The van der Waals surface area contributed by atoms with Crippen LogP contribution >= 0.6 is 39.1 Å². The highest BCUT2D eigenvalue weighted by molar-refractivity contribution is 9.10. The molecule has 1 saturated heterocycles. The van der Waals surface area contributed by atoms with Gasteiger partial charge in [-0.3, -0.25) is 14.4 Å². The highest BCUT2D eigenvalue weighted by Crippen LogP contribution is 2.74. The molecular formula is C21H16BrCl2NO4. The van der Waals surface area contributed by atoms with Crippen molar-refractivity contribution in [1.29, 1.82) is 0 Å². The molecule has 4 rings (SSSR count). The molecule has 2 fully saturated rings.